The Kier molecular flexibility index (Phi) is 2.80. The molecule has 0 saturated carbocycles. The Balaban J connectivity index is 2.57. The average molecular weight is 247 g/mol. The summed E-state index contributed by atoms with van der Waals surface area (Å²) in [7, 11) is 0. The maximum atomic E-state index is 11.1. The fraction of sp³-hybridized carbons (Fsp3) is 0.0909. The van der Waals surface area contributed by atoms with Crippen molar-refractivity contribution in [2.45, 2.75) is 6.92 Å². The van der Waals surface area contributed by atoms with E-state index in [1.807, 2.05) is 0 Å². The highest BCUT2D eigenvalue weighted by atomic mass is 16.6. The number of hydrogen-bond donors (Lipinski definition) is 1. The third-order valence-electron chi connectivity index (χ3n) is 2.41. The van der Waals surface area contributed by atoms with Crippen molar-refractivity contribution in [1.82, 2.24) is 9.78 Å². The monoisotopic (exact) mass is 247 g/mol. The summed E-state index contributed by atoms with van der Waals surface area (Å²) in [6, 6.07) is 4.71. The van der Waals surface area contributed by atoms with Crippen LogP contribution in [0, 0.1) is 17.0 Å². The van der Waals surface area contributed by atoms with E-state index in [-0.39, 0.29) is 11.3 Å². The number of aromatic nitrogens is 2. The zero-order valence-electron chi connectivity index (χ0n) is 9.40. The van der Waals surface area contributed by atoms with Gasteiger partial charge in [-0.05, 0) is 24.6 Å². The highest BCUT2D eigenvalue weighted by molar-refractivity contribution is 5.92. The van der Waals surface area contributed by atoms with Gasteiger partial charge >= 0.3 is 11.7 Å². The van der Waals surface area contributed by atoms with Gasteiger partial charge in [-0.3, -0.25) is 10.1 Å². The molecule has 92 valence electrons. The Morgan fingerprint density at radius 1 is 1.50 bits per heavy atom. The van der Waals surface area contributed by atoms with Crippen molar-refractivity contribution in [3.05, 3.63) is 51.8 Å². The molecule has 0 saturated heterocycles. The van der Waals surface area contributed by atoms with E-state index < -0.39 is 10.9 Å². The largest absolute Gasteiger partial charge is 0.478 e. The molecule has 0 fully saturated rings. The van der Waals surface area contributed by atoms with Crippen LogP contribution in [0.5, 0.6) is 0 Å². The van der Waals surface area contributed by atoms with Crippen LogP contribution in [0.3, 0.4) is 0 Å². The Hall–Kier alpha value is -2.70. The lowest BCUT2D eigenvalue weighted by Gasteiger charge is -2.06. The minimum absolute atomic E-state index is 0.0404. The van der Waals surface area contributed by atoms with Crippen molar-refractivity contribution in [3.8, 4) is 5.69 Å². The highest BCUT2D eigenvalue weighted by Crippen LogP contribution is 2.19. The lowest BCUT2D eigenvalue weighted by atomic mass is 10.1. The lowest BCUT2D eigenvalue weighted by Crippen LogP contribution is -2.06. The summed E-state index contributed by atoms with van der Waals surface area (Å²) in [5.41, 5.74) is 0.996. The van der Waals surface area contributed by atoms with E-state index in [1.165, 1.54) is 16.9 Å². The van der Waals surface area contributed by atoms with E-state index in [0.29, 0.717) is 5.69 Å². The van der Waals surface area contributed by atoms with E-state index in [4.69, 9.17) is 5.11 Å². The number of benzene rings is 1. The van der Waals surface area contributed by atoms with Gasteiger partial charge in [0.25, 0.3) is 0 Å². The van der Waals surface area contributed by atoms with Gasteiger partial charge in [-0.1, -0.05) is 6.07 Å². The van der Waals surface area contributed by atoms with Crippen molar-refractivity contribution in [2.24, 2.45) is 0 Å². The minimum Gasteiger partial charge on any atom is -0.478 e. The van der Waals surface area contributed by atoms with Crippen LogP contribution >= 0.6 is 0 Å². The zero-order valence-corrected chi connectivity index (χ0v) is 9.40. The maximum absolute atomic E-state index is 11.1. The molecular weight excluding hydrogens is 238 g/mol. The molecule has 0 aliphatic rings. The molecule has 1 heterocycles. The molecule has 1 aromatic carbocycles. The highest BCUT2D eigenvalue weighted by Gasteiger charge is 2.15. The van der Waals surface area contributed by atoms with Gasteiger partial charge in [0.05, 0.1) is 16.2 Å². The molecule has 0 radical (unpaired) electrons. The summed E-state index contributed by atoms with van der Waals surface area (Å²) >= 11 is 0. The second-order valence-electron chi connectivity index (χ2n) is 3.73. The zero-order chi connectivity index (χ0) is 13.3. The molecule has 0 amide bonds. The van der Waals surface area contributed by atoms with E-state index in [1.54, 1.807) is 19.1 Å². The number of carboxylic acid groups (broad SMARTS) is 1. The number of carboxylic acids is 1. The fourth-order valence-corrected chi connectivity index (χ4v) is 1.55. The summed E-state index contributed by atoms with van der Waals surface area (Å²) in [5.74, 6) is -1.11. The maximum Gasteiger partial charge on any atom is 0.337 e. The number of nitro groups is 1. The first-order chi connectivity index (χ1) is 8.49. The van der Waals surface area contributed by atoms with Gasteiger partial charge in [-0.2, -0.15) is 5.10 Å². The predicted octanol–water partition coefficient (Wildman–Crippen LogP) is 1.79. The number of rotatable bonds is 3. The molecule has 7 nitrogen and oxygen atoms in total. The molecule has 0 unspecified atom stereocenters. The standard InChI is InChI=1S/C11H9N3O4/c1-7-2-3-9(11(15)16)10(4-7)13-6-8(5-12-13)14(17)18/h2-6H,1H3,(H,15,16). The molecule has 0 spiro atoms. The van der Waals surface area contributed by atoms with Crippen molar-refractivity contribution in [1.29, 1.82) is 0 Å². The SMILES string of the molecule is Cc1ccc(C(=O)O)c(-n2cc([N+](=O)[O-])cn2)c1. The van der Waals surface area contributed by atoms with Crippen LogP contribution < -0.4 is 0 Å². The first kappa shape index (κ1) is 11.8. The van der Waals surface area contributed by atoms with Gasteiger partial charge in [0.1, 0.15) is 12.4 Å². The van der Waals surface area contributed by atoms with Gasteiger partial charge < -0.3 is 5.11 Å². The minimum atomic E-state index is -1.11. The Morgan fingerprint density at radius 2 is 2.22 bits per heavy atom. The summed E-state index contributed by atoms with van der Waals surface area (Å²) in [5, 5.41) is 23.4. The van der Waals surface area contributed by atoms with Crippen molar-refractivity contribution < 1.29 is 14.8 Å². The molecule has 0 bridgehead atoms. The van der Waals surface area contributed by atoms with Gasteiger partial charge in [-0.25, -0.2) is 9.48 Å². The topological polar surface area (TPSA) is 98.3 Å². The van der Waals surface area contributed by atoms with Crippen LogP contribution in [-0.2, 0) is 0 Å². The van der Waals surface area contributed by atoms with Crippen LogP contribution in [0.2, 0.25) is 0 Å². The number of aromatic carboxylic acids is 1. The normalized spacial score (nSPS) is 10.3. The molecule has 0 aliphatic heterocycles. The van der Waals surface area contributed by atoms with E-state index in [0.717, 1.165) is 11.8 Å². The average Bonchev–Trinajstić information content (AvgIpc) is 2.77. The second-order valence-corrected chi connectivity index (χ2v) is 3.73. The van der Waals surface area contributed by atoms with E-state index in [2.05, 4.69) is 5.10 Å². The number of carbonyl (C=O) groups is 1. The summed E-state index contributed by atoms with van der Waals surface area (Å²) in [4.78, 5) is 21.1. The van der Waals surface area contributed by atoms with Gasteiger partial charge in [0.2, 0.25) is 0 Å². The summed E-state index contributed by atoms with van der Waals surface area (Å²) < 4.78 is 1.19. The van der Waals surface area contributed by atoms with Crippen LogP contribution in [0.4, 0.5) is 5.69 Å². The van der Waals surface area contributed by atoms with Crippen LogP contribution in [-0.4, -0.2) is 25.8 Å². The molecule has 0 aliphatic carbocycles. The van der Waals surface area contributed by atoms with Crippen molar-refractivity contribution >= 4 is 11.7 Å². The van der Waals surface area contributed by atoms with Gasteiger partial charge in [0, 0.05) is 0 Å². The molecule has 1 aromatic heterocycles. The Bertz CT molecular complexity index is 633. The van der Waals surface area contributed by atoms with Crippen molar-refractivity contribution in [3.63, 3.8) is 0 Å². The van der Waals surface area contributed by atoms with E-state index >= 15 is 0 Å². The molecular formula is C11H9N3O4. The van der Waals surface area contributed by atoms with Crippen LogP contribution in [0.1, 0.15) is 15.9 Å². The summed E-state index contributed by atoms with van der Waals surface area (Å²) in [6.45, 7) is 1.80. The first-order valence-corrected chi connectivity index (χ1v) is 5.02. The van der Waals surface area contributed by atoms with E-state index in [9.17, 15) is 14.9 Å². The third kappa shape index (κ3) is 2.05. The fourth-order valence-electron chi connectivity index (χ4n) is 1.55. The number of nitrogens with zero attached hydrogens (tertiary/aromatic N) is 3. The molecule has 1 N–H and O–H groups in total. The predicted molar refractivity (Wildman–Crippen MR) is 61.9 cm³/mol. The molecule has 2 aromatic rings. The second kappa shape index (κ2) is 4.28. The molecule has 7 heteroatoms. The van der Waals surface area contributed by atoms with Crippen LogP contribution in [0.25, 0.3) is 5.69 Å². The first-order valence-electron chi connectivity index (χ1n) is 5.02. The van der Waals surface area contributed by atoms with Crippen LogP contribution in [0.15, 0.2) is 30.6 Å². The van der Waals surface area contributed by atoms with Gasteiger partial charge in [0.15, 0.2) is 0 Å². The number of hydrogen-bond acceptors (Lipinski definition) is 4. The number of aryl methyl sites for hydroxylation is 1. The van der Waals surface area contributed by atoms with Gasteiger partial charge in [-0.15, -0.1) is 0 Å². The molecule has 0 atom stereocenters. The lowest BCUT2D eigenvalue weighted by molar-refractivity contribution is -0.384. The quantitative estimate of drug-likeness (QED) is 0.658. The third-order valence-corrected chi connectivity index (χ3v) is 2.41. The Labute approximate surface area is 101 Å². The smallest absolute Gasteiger partial charge is 0.337 e. The Morgan fingerprint density at radius 3 is 2.78 bits per heavy atom. The molecule has 18 heavy (non-hydrogen) atoms. The summed E-state index contributed by atoms with van der Waals surface area (Å²) in [6.07, 6.45) is 2.26. The van der Waals surface area contributed by atoms with Crippen molar-refractivity contribution in [2.75, 3.05) is 0 Å². The molecule has 2 rings (SSSR count).